The van der Waals surface area contributed by atoms with Crippen LogP contribution in [0.3, 0.4) is 0 Å². The van der Waals surface area contributed by atoms with Gasteiger partial charge in [0.05, 0.1) is 159 Å². The molecule has 356 valence electrons. The average Bonchev–Trinajstić information content (AvgIpc) is 3.30. The van der Waals surface area contributed by atoms with Crippen molar-refractivity contribution in [2.75, 3.05) is 169 Å². The summed E-state index contributed by atoms with van der Waals surface area (Å²) in [5, 5.41) is 10.1. The predicted molar refractivity (Wildman–Crippen MR) is 239 cm³/mol. The summed E-state index contributed by atoms with van der Waals surface area (Å²) in [7, 11) is -1.30. The summed E-state index contributed by atoms with van der Waals surface area (Å²) in [6.45, 7) is 11.7. The molecular weight excluding hydrogens is 901 g/mol. The van der Waals surface area contributed by atoms with E-state index < -0.39 is 19.5 Å². The molecule has 2 aromatic heterocycles. The van der Waals surface area contributed by atoms with Crippen LogP contribution in [0.1, 0.15) is 11.1 Å². The summed E-state index contributed by atoms with van der Waals surface area (Å²) in [6.07, 6.45) is 7.17. The van der Waals surface area contributed by atoms with Crippen LogP contribution in [-0.2, 0) is 74.2 Å². The molecule has 0 spiro atoms. The monoisotopic (exact) mass is 964 g/mol. The first kappa shape index (κ1) is 56.5. The minimum Gasteiger partial charge on any atom is -0.464 e. The minimum absolute atomic E-state index is 0.321. The third-order valence-corrected chi connectivity index (χ3v) is 13.5. The molecule has 0 saturated carbocycles. The Morgan fingerprint density at radius 3 is 0.921 bits per heavy atom. The smallest absolute Gasteiger partial charge is 0.187 e. The van der Waals surface area contributed by atoms with Crippen molar-refractivity contribution >= 4 is 43.1 Å². The van der Waals surface area contributed by atoms with Gasteiger partial charge < -0.3 is 61.0 Å². The van der Waals surface area contributed by atoms with Crippen molar-refractivity contribution in [3.8, 4) is 0 Å². The third-order valence-electron chi connectivity index (χ3n) is 7.34. The topological polar surface area (TPSA) is 269 Å². The van der Waals surface area contributed by atoms with E-state index in [0.29, 0.717) is 172 Å². The molecule has 0 bridgehead atoms. The first-order valence-electron chi connectivity index (χ1n) is 20.7. The van der Waals surface area contributed by atoms with Gasteiger partial charge in [0.15, 0.2) is 29.8 Å². The maximum atomic E-state index is 8.17. The van der Waals surface area contributed by atoms with Gasteiger partial charge in [-0.25, -0.2) is 19.9 Å². The predicted octanol–water partition coefficient (Wildman–Crippen LogP) is 2.07. The molecule has 0 aliphatic rings. The molecule has 2 aromatic rings. The van der Waals surface area contributed by atoms with Gasteiger partial charge in [0.25, 0.3) is 0 Å². The number of ether oxygens (including phenoxy) is 12. The first-order valence-corrected chi connectivity index (χ1v) is 25.8. The van der Waals surface area contributed by atoms with Crippen LogP contribution >= 0.6 is 23.5 Å². The maximum absolute atomic E-state index is 8.17. The summed E-state index contributed by atoms with van der Waals surface area (Å²) in [6, 6.07) is 0. The molecule has 0 atom stereocenters. The molecule has 63 heavy (non-hydrogen) atoms. The fraction of sp³-hybridized carbons (Fsp3) is 0.778. The Morgan fingerprint density at radius 2 is 0.651 bits per heavy atom. The normalized spacial score (nSPS) is 11.6. The zero-order chi connectivity index (χ0) is 44.6. The van der Waals surface area contributed by atoms with Crippen LogP contribution < -0.4 is 0 Å². The third kappa shape index (κ3) is 38.4. The zero-order valence-electron chi connectivity index (χ0n) is 36.1. The van der Waals surface area contributed by atoms with Crippen LogP contribution in [-0.4, -0.2) is 209 Å². The van der Waals surface area contributed by atoms with Crippen LogP contribution in [0.4, 0.5) is 0 Å². The van der Waals surface area contributed by atoms with Gasteiger partial charge in [-0.05, 0) is 11.1 Å². The highest BCUT2D eigenvalue weighted by Crippen LogP contribution is 2.13. The van der Waals surface area contributed by atoms with Gasteiger partial charge in [0.1, 0.15) is 0 Å². The Kier molecular flexibility index (Phi) is 41.2. The van der Waals surface area contributed by atoms with E-state index in [1.807, 2.05) is 0 Å². The molecule has 0 unspecified atom stereocenters. The lowest BCUT2D eigenvalue weighted by molar-refractivity contribution is -0.0174. The number of aromatic nitrogens is 4. The van der Waals surface area contributed by atoms with Crippen molar-refractivity contribution in [3.63, 3.8) is 0 Å². The maximum Gasteiger partial charge on any atom is 0.187 e. The SMILES string of the molecule is [N-]=[N+]=NCCOCCOCCOCCOCCOCCOCc1cnc(SC[SiH2]O[SiH2]CSc2ncc(COCCOCCOCCOCCOCCOCCN=[N+]=[N-])cn2)nc1. The number of thioether (sulfide) groups is 2. The molecule has 0 aliphatic carbocycles. The highest BCUT2D eigenvalue weighted by atomic mass is 32.2. The van der Waals surface area contributed by atoms with Gasteiger partial charge in [-0.3, -0.25) is 0 Å². The van der Waals surface area contributed by atoms with E-state index in [4.69, 9.17) is 72.0 Å². The van der Waals surface area contributed by atoms with Crippen molar-refractivity contribution in [3.05, 3.63) is 56.8 Å². The van der Waals surface area contributed by atoms with Crippen molar-refractivity contribution in [1.29, 1.82) is 0 Å². The Labute approximate surface area is 382 Å². The fourth-order valence-corrected chi connectivity index (χ4v) is 10.9. The molecule has 0 saturated heterocycles. The van der Waals surface area contributed by atoms with Crippen molar-refractivity contribution in [2.24, 2.45) is 10.2 Å². The van der Waals surface area contributed by atoms with Crippen LogP contribution in [0.5, 0.6) is 0 Å². The van der Waals surface area contributed by atoms with E-state index in [1.165, 1.54) is 0 Å². The summed E-state index contributed by atoms with van der Waals surface area (Å²) in [5.74, 6) is 0. The van der Waals surface area contributed by atoms with E-state index in [1.54, 1.807) is 48.3 Å². The highest BCUT2D eigenvalue weighted by molar-refractivity contribution is 8.00. The second kappa shape index (κ2) is 45.9. The van der Waals surface area contributed by atoms with E-state index in [-0.39, 0.29) is 0 Å². The molecule has 23 nitrogen and oxygen atoms in total. The number of hydrogen-bond acceptors (Lipinski definition) is 21. The number of hydrogen-bond donors (Lipinski definition) is 0. The van der Waals surface area contributed by atoms with E-state index in [0.717, 1.165) is 32.2 Å². The van der Waals surface area contributed by atoms with Gasteiger partial charge in [-0.15, -0.1) is 0 Å². The van der Waals surface area contributed by atoms with Gasteiger partial charge >= 0.3 is 0 Å². The van der Waals surface area contributed by atoms with Gasteiger partial charge in [-0.1, -0.05) is 33.8 Å². The van der Waals surface area contributed by atoms with E-state index in [2.05, 4.69) is 40.0 Å². The largest absolute Gasteiger partial charge is 0.464 e. The summed E-state index contributed by atoms with van der Waals surface area (Å²) in [4.78, 5) is 23.1. The summed E-state index contributed by atoms with van der Waals surface area (Å²) in [5.41, 5.74) is 18.2. The molecular formula is C36H64N10O13S2Si2. The minimum atomic E-state index is -0.652. The lowest BCUT2D eigenvalue weighted by atomic mass is 10.4. The lowest BCUT2D eigenvalue weighted by Gasteiger charge is -2.08. The quantitative estimate of drug-likeness (QED) is 0.0175. The second-order valence-electron chi connectivity index (χ2n) is 12.2. The molecule has 0 radical (unpaired) electrons. The molecule has 0 N–H and O–H groups in total. The van der Waals surface area contributed by atoms with E-state index in [9.17, 15) is 0 Å². The highest BCUT2D eigenvalue weighted by Gasteiger charge is 2.04. The van der Waals surface area contributed by atoms with Crippen LogP contribution in [0.15, 0.2) is 45.3 Å². The fourth-order valence-electron chi connectivity index (χ4n) is 4.35. The molecule has 0 amide bonds. The standard InChI is InChI=1S/C36H64N10O13S2Si2/c37-45-43-1-3-47-5-7-49-9-11-51-13-15-53-17-19-55-21-23-57-29-33-25-39-35(40-26-33)60-31-62-59-63-32-61-36-41-27-34(28-42-36)30-58-24-22-56-20-18-54-16-14-52-12-10-50-8-6-48-4-2-44-46-38/h25-28H,1-24,29-32,62-63H2. The molecule has 0 fully saturated rings. The first-order chi connectivity index (χ1) is 31.3. The van der Waals surface area contributed by atoms with Gasteiger partial charge in [-0.2, -0.15) is 0 Å². The Bertz CT molecular complexity index is 1320. The Hall–Kier alpha value is -2.61. The second-order valence-corrected chi connectivity index (χ2v) is 19.2. The zero-order valence-corrected chi connectivity index (χ0v) is 40.6. The van der Waals surface area contributed by atoms with Gasteiger partial charge in [0.2, 0.25) is 0 Å². The average molecular weight is 965 g/mol. The van der Waals surface area contributed by atoms with E-state index >= 15 is 0 Å². The number of azide groups is 2. The number of rotatable bonds is 48. The molecule has 0 aliphatic heterocycles. The van der Waals surface area contributed by atoms with Crippen LogP contribution in [0, 0.1) is 0 Å². The van der Waals surface area contributed by atoms with Gasteiger partial charge in [0, 0.05) is 69.6 Å². The van der Waals surface area contributed by atoms with Crippen LogP contribution in [0.25, 0.3) is 20.9 Å². The Balaban J connectivity index is 1.29. The number of nitrogens with zero attached hydrogens (tertiary/aromatic N) is 10. The molecule has 2 rings (SSSR count). The summed E-state index contributed by atoms with van der Waals surface area (Å²) < 4.78 is 71.6. The van der Waals surface area contributed by atoms with Crippen molar-refractivity contribution in [1.82, 2.24) is 19.9 Å². The molecule has 27 heteroatoms. The summed E-state index contributed by atoms with van der Waals surface area (Å²) >= 11 is 3.24. The Morgan fingerprint density at radius 1 is 0.397 bits per heavy atom. The van der Waals surface area contributed by atoms with Crippen molar-refractivity contribution in [2.45, 2.75) is 23.5 Å². The van der Waals surface area contributed by atoms with Crippen LogP contribution in [0.2, 0.25) is 0 Å². The van der Waals surface area contributed by atoms with Crippen molar-refractivity contribution < 1.29 is 61.0 Å². The lowest BCUT2D eigenvalue weighted by Crippen LogP contribution is -2.14. The molecule has 0 aromatic carbocycles. The molecule has 2 heterocycles.